The van der Waals surface area contributed by atoms with Gasteiger partial charge in [-0.05, 0) is 30.9 Å². The molecule has 1 aromatic carbocycles. The van der Waals surface area contributed by atoms with Gasteiger partial charge in [0, 0.05) is 6.07 Å². The summed E-state index contributed by atoms with van der Waals surface area (Å²) in [5.41, 5.74) is 0. The Labute approximate surface area is 81.5 Å². The monoisotopic (exact) mass is 200 g/mol. The van der Waals surface area contributed by atoms with Gasteiger partial charge in [0.05, 0.1) is 11.6 Å². The number of benzene rings is 1. The van der Waals surface area contributed by atoms with E-state index in [2.05, 4.69) is 0 Å². The van der Waals surface area contributed by atoms with E-state index in [0.29, 0.717) is 11.7 Å². The van der Waals surface area contributed by atoms with Crippen LogP contribution in [0.3, 0.4) is 0 Å². The first kappa shape index (κ1) is 8.82. The molecular weight excluding hydrogens is 191 g/mol. The highest BCUT2D eigenvalue weighted by Gasteiger charge is 2.21. The Balaban J connectivity index is 1.98. The van der Waals surface area contributed by atoms with E-state index < -0.39 is 5.82 Å². The average Bonchev–Trinajstić information content (AvgIpc) is 2.91. The molecule has 0 N–H and O–H groups in total. The minimum atomic E-state index is -0.402. The van der Waals surface area contributed by atoms with Crippen LogP contribution in [0.4, 0.5) is 4.39 Å². The summed E-state index contributed by atoms with van der Waals surface area (Å²) in [6, 6.07) is 4.44. The van der Waals surface area contributed by atoms with E-state index in [1.807, 2.05) is 0 Å². The molecule has 2 rings (SSSR count). The van der Waals surface area contributed by atoms with Gasteiger partial charge in [-0.2, -0.15) is 0 Å². The minimum absolute atomic E-state index is 0.119. The molecule has 0 aromatic heterocycles. The van der Waals surface area contributed by atoms with Crippen LogP contribution < -0.4 is 4.74 Å². The van der Waals surface area contributed by atoms with Crippen LogP contribution in [-0.4, -0.2) is 6.61 Å². The first-order chi connectivity index (χ1) is 6.25. The Morgan fingerprint density at radius 2 is 2.23 bits per heavy atom. The second-order valence-electron chi connectivity index (χ2n) is 3.33. The van der Waals surface area contributed by atoms with Crippen LogP contribution in [0, 0.1) is 11.7 Å². The minimum Gasteiger partial charge on any atom is -0.493 e. The molecule has 0 amide bonds. The summed E-state index contributed by atoms with van der Waals surface area (Å²) in [5, 5.41) is 0.119. The smallest absolute Gasteiger partial charge is 0.142 e. The van der Waals surface area contributed by atoms with Gasteiger partial charge >= 0.3 is 0 Å². The van der Waals surface area contributed by atoms with Gasteiger partial charge in [0.15, 0.2) is 0 Å². The molecule has 1 aromatic rings. The summed E-state index contributed by atoms with van der Waals surface area (Å²) in [6.45, 7) is 0.724. The topological polar surface area (TPSA) is 9.23 Å². The maximum absolute atomic E-state index is 12.7. The van der Waals surface area contributed by atoms with Crippen LogP contribution >= 0.6 is 11.6 Å². The SMILES string of the molecule is Fc1ccc(OCC2CC2)cc1Cl. The zero-order valence-corrected chi connectivity index (χ0v) is 7.85. The van der Waals surface area contributed by atoms with Gasteiger partial charge in [-0.15, -0.1) is 0 Å². The lowest BCUT2D eigenvalue weighted by Crippen LogP contribution is -1.98. The molecule has 1 aliphatic rings. The highest BCUT2D eigenvalue weighted by atomic mass is 35.5. The molecule has 0 heterocycles. The molecule has 1 aliphatic carbocycles. The Kier molecular flexibility index (Phi) is 2.40. The van der Waals surface area contributed by atoms with E-state index >= 15 is 0 Å². The number of rotatable bonds is 3. The number of halogens is 2. The normalized spacial score (nSPS) is 15.8. The van der Waals surface area contributed by atoms with E-state index in [9.17, 15) is 4.39 Å². The Bertz CT molecular complexity index is 310. The molecule has 0 unspecified atom stereocenters. The molecule has 3 heteroatoms. The largest absolute Gasteiger partial charge is 0.493 e. The maximum Gasteiger partial charge on any atom is 0.142 e. The van der Waals surface area contributed by atoms with E-state index in [1.165, 1.54) is 25.0 Å². The quantitative estimate of drug-likeness (QED) is 0.728. The first-order valence-electron chi connectivity index (χ1n) is 4.33. The molecule has 70 valence electrons. The molecule has 13 heavy (non-hydrogen) atoms. The average molecular weight is 201 g/mol. The van der Waals surface area contributed by atoms with Gasteiger partial charge in [0.25, 0.3) is 0 Å². The third kappa shape index (κ3) is 2.34. The fourth-order valence-electron chi connectivity index (χ4n) is 1.07. The van der Waals surface area contributed by atoms with Gasteiger partial charge in [-0.25, -0.2) is 4.39 Å². The number of ether oxygens (including phenoxy) is 1. The third-order valence-electron chi connectivity index (χ3n) is 2.07. The van der Waals surface area contributed by atoms with Gasteiger partial charge in [0.2, 0.25) is 0 Å². The molecule has 0 spiro atoms. The zero-order chi connectivity index (χ0) is 9.26. The standard InChI is InChI=1S/C10H10ClFO/c11-9-5-8(3-4-10(9)12)13-6-7-1-2-7/h3-5,7H,1-2,6H2. The van der Waals surface area contributed by atoms with Gasteiger partial charge in [-0.1, -0.05) is 11.6 Å². The van der Waals surface area contributed by atoms with E-state index in [4.69, 9.17) is 16.3 Å². The third-order valence-corrected chi connectivity index (χ3v) is 2.36. The lowest BCUT2D eigenvalue weighted by Gasteiger charge is -2.04. The Morgan fingerprint density at radius 3 is 2.85 bits per heavy atom. The summed E-state index contributed by atoms with van der Waals surface area (Å²) in [5.74, 6) is 0.947. The molecular formula is C10H10ClFO. The van der Waals surface area contributed by atoms with Crippen molar-refractivity contribution in [3.63, 3.8) is 0 Å². The van der Waals surface area contributed by atoms with E-state index in [1.54, 1.807) is 6.07 Å². The van der Waals surface area contributed by atoms with Crippen molar-refractivity contribution < 1.29 is 9.13 Å². The second kappa shape index (κ2) is 3.54. The molecule has 1 nitrogen and oxygen atoms in total. The first-order valence-corrected chi connectivity index (χ1v) is 4.71. The van der Waals surface area contributed by atoms with Crippen molar-refractivity contribution >= 4 is 11.6 Å². The molecule has 0 atom stereocenters. The highest BCUT2D eigenvalue weighted by molar-refractivity contribution is 6.30. The van der Waals surface area contributed by atoms with Crippen LogP contribution in [0.5, 0.6) is 5.75 Å². The van der Waals surface area contributed by atoms with Gasteiger partial charge in [-0.3, -0.25) is 0 Å². The summed E-state index contributed by atoms with van der Waals surface area (Å²) in [6.07, 6.45) is 2.49. The van der Waals surface area contributed by atoms with Crippen LogP contribution in [0.2, 0.25) is 5.02 Å². The maximum atomic E-state index is 12.7. The van der Waals surface area contributed by atoms with Gasteiger partial charge in [0.1, 0.15) is 11.6 Å². The predicted molar refractivity (Wildman–Crippen MR) is 49.6 cm³/mol. The molecule has 1 fully saturated rings. The lowest BCUT2D eigenvalue weighted by atomic mass is 10.3. The van der Waals surface area contributed by atoms with Crippen LogP contribution in [0.25, 0.3) is 0 Å². The Hall–Kier alpha value is -0.760. The summed E-state index contributed by atoms with van der Waals surface area (Å²) >= 11 is 5.59. The molecule has 0 radical (unpaired) electrons. The summed E-state index contributed by atoms with van der Waals surface area (Å²) < 4.78 is 18.1. The van der Waals surface area contributed by atoms with Crippen LogP contribution in [0.1, 0.15) is 12.8 Å². The molecule has 0 aliphatic heterocycles. The lowest BCUT2D eigenvalue weighted by molar-refractivity contribution is 0.299. The van der Waals surface area contributed by atoms with Crippen molar-refractivity contribution in [2.45, 2.75) is 12.8 Å². The predicted octanol–water partition coefficient (Wildman–Crippen LogP) is 3.27. The zero-order valence-electron chi connectivity index (χ0n) is 7.09. The molecule has 0 saturated heterocycles. The van der Waals surface area contributed by atoms with Crippen molar-refractivity contribution in [1.82, 2.24) is 0 Å². The number of hydrogen-bond donors (Lipinski definition) is 0. The summed E-state index contributed by atoms with van der Waals surface area (Å²) in [7, 11) is 0. The highest BCUT2D eigenvalue weighted by Crippen LogP contribution is 2.30. The fourth-order valence-corrected chi connectivity index (χ4v) is 1.24. The van der Waals surface area contributed by atoms with Crippen molar-refractivity contribution in [2.24, 2.45) is 5.92 Å². The summed E-state index contributed by atoms with van der Waals surface area (Å²) in [4.78, 5) is 0. The Morgan fingerprint density at radius 1 is 1.46 bits per heavy atom. The number of hydrogen-bond acceptors (Lipinski definition) is 1. The molecule has 1 saturated carbocycles. The fraction of sp³-hybridized carbons (Fsp3) is 0.400. The van der Waals surface area contributed by atoms with Crippen LogP contribution in [-0.2, 0) is 0 Å². The van der Waals surface area contributed by atoms with Crippen molar-refractivity contribution in [3.8, 4) is 5.75 Å². The molecule has 0 bridgehead atoms. The van der Waals surface area contributed by atoms with Gasteiger partial charge < -0.3 is 4.74 Å². The van der Waals surface area contributed by atoms with E-state index in [-0.39, 0.29) is 5.02 Å². The van der Waals surface area contributed by atoms with Crippen molar-refractivity contribution in [1.29, 1.82) is 0 Å². The van der Waals surface area contributed by atoms with Crippen molar-refractivity contribution in [3.05, 3.63) is 29.0 Å². The second-order valence-corrected chi connectivity index (χ2v) is 3.74. The van der Waals surface area contributed by atoms with E-state index in [0.717, 1.165) is 6.61 Å². The van der Waals surface area contributed by atoms with Crippen molar-refractivity contribution in [2.75, 3.05) is 6.61 Å². The van der Waals surface area contributed by atoms with Crippen LogP contribution in [0.15, 0.2) is 18.2 Å².